The first-order valence-corrected chi connectivity index (χ1v) is 11.6. The van der Waals surface area contributed by atoms with Crippen LogP contribution in [0.15, 0.2) is 53.3 Å². The van der Waals surface area contributed by atoms with E-state index >= 15 is 0 Å². The van der Waals surface area contributed by atoms with Gasteiger partial charge in [0.05, 0.1) is 18.2 Å². The lowest BCUT2D eigenvalue weighted by Gasteiger charge is -2.36. The summed E-state index contributed by atoms with van der Waals surface area (Å²) in [5.74, 6) is -4.64. The fraction of sp³-hybridized carbons (Fsp3) is 0.400. The summed E-state index contributed by atoms with van der Waals surface area (Å²) in [6.45, 7) is 0. The molecule has 4 heterocycles. The Labute approximate surface area is 217 Å². The molecule has 2 aliphatic heterocycles. The van der Waals surface area contributed by atoms with E-state index in [1.807, 2.05) is 36.5 Å². The summed E-state index contributed by atoms with van der Waals surface area (Å²) in [6.07, 6.45) is -1.38. The molecule has 2 aromatic heterocycles. The molecule has 2 aliphatic rings. The van der Waals surface area contributed by atoms with Gasteiger partial charge in [0.1, 0.15) is 17.4 Å². The van der Waals surface area contributed by atoms with Gasteiger partial charge in [0.25, 0.3) is 0 Å². The van der Waals surface area contributed by atoms with E-state index in [1.54, 1.807) is 6.26 Å². The summed E-state index contributed by atoms with van der Waals surface area (Å²) in [7, 11) is 2.26. The first-order chi connectivity index (χ1) is 18.1. The fourth-order valence-electron chi connectivity index (χ4n) is 4.40. The van der Waals surface area contributed by atoms with Gasteiger partial charge < -0.3 is 24.3 Å². The lowest BCUT2D eigenvalue weighted by Crippen LogP contribution is -2.43. The van der Waals surface area contributed by atoms with Crippen molar-refractivity contribution in [3.8, 4) is 17.0 Å². The molecule has 0 spiro atoms. The largest absolute Gasteiger partial charge is 0.490 e. The molecule has 1 aromatic carbocycles. The van der Waals surface area contributed by atoms with Gasteiger partial charge in [-0.1, -0.05) is 0 Å². The van der Waals surface area contributed by atoms with E-state index in [-0.39, 0.29) is 0 Å². The van der Waals surface area contributed by atoms with Crippen LogP contribution in [0.2, 0.25) is 0 Å². The molecule has 2 bridgehead atoms. The molecule has 212 valence electrons. The van der Waals surface area contributed by atoms with Gasteiger partial charge in [-0.2, -0.15) is 26.3 Å². The standard InChI is InChI=1S/C21H22N2O2.2C2HF3O2/c1-23-16-3-4-17(23)12-19(11-16)25-18-5-6-20(22-13-18)14-2-7-21-15(10-14)8-9-24-21;2*3-2(4,5)1(6)7/h2,5-10,13,16-17,19H,3-4,11-12H2,1H3;2*(H,6,7). The van der Waals surface area contributed by atoms with Gasteiger partial charge in [0.15, 0.2) is 0 Å². The topological polar surface area (TPSA) is 113 Å². The number of alkyl halides is 6. The number of pyridine rings is 1. The number of carboxylic acid groups (broad SMARTS) is 2. The molecule has 14 heteroatoms. The highest BCUT2D eigenvalue weighted by Gasteiger charge is 2.40. The van der Waals surface area contributed by atoms with Crippen LogP contribution in [-0.2, 0) is 9.59 Å². The summed E-state index contributed by atoms with van der Waals surface area (Å²) >= 11 is 0. The van der Waals surface area contributed by atoms with E-state index in [2.05, 4.69) is 23.0 Å². The van der Waals surface area contributed by atoms with Gasteiger partial charge in [0.2, 0.25) is 0 Å². The van der Waals surface area contributed by atoms with Crippen LogP contribution in [0, 0.1) is 0 Å². The first kappa shape index (κ1) is 29.7. The molecule has 0 radical (unpaired) electrons. The molecule has 0 saturated carbocycles. The Morgan fingerprint density at radius 1 is 0.949 bits per heavy atom. The molecule has 3 aromatic rings. The lowest BCUT2D eigenvalue weighted by molar-refractivity contribution is -0.193. The van der Waals surface area contributed by atoms with Crippen LogP contribution < -0.4 is 4.74 Å². The maximum atomic E-state index is 10.6. The Morgan fingerprint density at radius 3 is 2.00 bits per heavy atom. The van der Waals surface area contributed by atoms with Gasteiger partial charge in [-0.25, -0.2) is 9.59 Å². The Kier molecular flexibility index (Phi) is 9.10. The zero-order valence-electron chi connectivity index (χ0n) is 20.4. The van der Waals surface area contributed by atoms with Gasteiger partial charge in [-0.3, -0.25) is 4.98 Å². The second-order valence-corrected chi connectivity index (χ2v) is 8.92. The highest BCUT2D eigenvalue weighted by Crippen LogP contribution is 2.36. The number of rotatable bonds is 3. The van der Waals surface area contributed by atoms with Crippen molar-refractivity contribution < 1.29 is 55.3 Å². The third-order valence-electron chi connectivity index (χ3n) is 6.33. The Morgan fingerprint density at radius 2 is 1.51 bits per heavy atom. The third-order valence-corrected chi connectivity index (χ3v) is 6.33. The average molecular weight is 562 g/mol. The van der Waals surface area contributed by atoms with E-state index in [4.69, 9.17) is 29.0 Å². The number of hydrogen-bond donors (Lipinski definition) is 2. The van der Waals surface area contributed by atoms with E-state index in [0.29, 0.717) is 18.2 Å². The fourth-order valence-corrected chi connectivity index (χ4v) is 4.40. The summed E-state index contributed by atoms with van der Waals surface area (Å²) < 4.78 is 75.1. The van der Waals surface area contributed by atoms with Crippen LogP contribution in [0.5, 0.6) is 5.75 Å². The Balaban J connectivity index is 0.000000251. The summed E-state index contributed by atoms with van der Waals surface area (Å²) in [4.78, 5) is 24.9. The molecular weight excluding hydrogens is 538 g/mol. The van der Waals surface area contributed by atoms with Gasteiger partial charge >= 0.3 is 24.3 Å². The van der Waals surface area contributed by atoms with Gasteiger partial charge in [-0.05, 0) is 69.1 Å². The number of fused-ring (bicyclic) bond motifs is 3. The second kappa shape index (κ2) is 11.9. The predicted molar refractivity (Wildman–Crippen MR) is 125 cm³/mol. The zero-order chi connectivity index (χ0) is 29.0. The molecule has 2 atom stereocenters. The second-order valence-electron chi connectivity index (χ2n) is 8.92. The van der Waals surface area contributed by atoms with Crippen LogP contribution in [0.3, 0.4) is 0 Å². The molecule has 0 aliphatic carbocycles. The van der Waals surface area contributed by atoms with E-state index < -0.39 is 24.3 Å². The molecule has 8 nitrogen and oxygen atoms in total. The van der Waals surface area contributed by atoms with E-state index in [1.165, 1.54) is 12.8 Å². The van der Waals surface area contributed by atoms with Crippen LogP contribution in [0.25, 0.3) is 22.2 Å². The number of piperidine rings is 1. The molecule has 2 saturated heterocycles. The smallest absolute Gasteiger partial charge is 0.489 e. The number of carbonyl (C=O) groups is 2. The molecule has 39 heavy (non-hydrogen) atoms. The van der Waals surface area contributed by atoms with Crippen LogP contribution in [0.1, 0.15) is 25.7 Å². The Hall–Kier alpha value is -3.81. The summed E-state index contributed by atoms with van der Waals surface area (Å²) in [5, 5.41) is 15.3. The summed E-state index contributed by atoms with van der Waals surface area (Å²) in [6, 6.07) is 13.6. The minimum absolute atomic E-state index is 0.323. The van der Waals surface area contributed by atoms with E-state index in [0.717, 1.165) is 40.8 Å². The van der Waals surface area contributed by atoms with Crippen LogP contribution in [-0.4, -0.2) is 69.6 Å². The summed E-state index contributed by atoms with van der Waals surface area (Å²) in [5.41, 5.74) is 2.96. The quantitative estimate of drug-likeness (QED) is 0.387. The van der Waals surface area contributed by atoms with Crippen molar-refractivity contribution in [3.05, 3.63) is 48.9 Å². The van der Waals surface area contributed by atoms with Crippen molar-refractivity contribution in [2.24, 2.45) is 0 Å². The minimum Gasteiger partial charge on any atom is -0.489 e. The monoisotopic (exact) mass is 562 g/mol. The number of aromatic nitrogens is 1. The van der Waals surface area contributed by atoms with Crippen molar-refractivity contribution in [1.82, 2.24) is 9.88 Å². The number of ether oxygens (including phenoxy) is 1. The molecule has 5 rings (SSSR count). The normalized spacial score (nSPS) is 20.8. The molecule has 2 N–H and O–H groups in total. The maximum Gasteiger partial charge on any atom is 0.490 e. The van der Waals surface area contributed by atoms with Crippen molar-refractivity contribution in [2.75, 3.05) is 7.05 Å². The van der Waals surface area contributed by atoms with Crippen molar-refractivity contribution in [3.63, 3.8) is 0 Å². The first-order valence-electron chi connectivity index (χ1n) is 11.6. The van der Waals surface area contributed by atoms with Gasteiger partial charge in [-0.15, -0.1) is 0 Å². The van der Waals surface area contributed by atoms with Crippen molar-refractivity contribution in [2.45, 2.75) is 56.2 Å². The number of benzene rings is 1. The average Bonchev–Trinajstić information content (AvgIpc) is 3.39. The molecule has 2 unspecified atom stereocenters. The third kappa shape index (κ3) is 8.09. The zero-order valence-corrected chi connectivity index (χ0v) is 20.4. The predicted octanol–water partition coefficient (Wildman–Crippen LogP) is 5.77. The van der Waals surface area contributed by atoms with Crippen molar-refractivity contribution >= 4 is 22.9 Å². The molecule has 0 amide bonds. The minimum atomic E-state index is -5.08. The number of hydrogen-bond acceptors (Lipinski definition) is 6. The van der Waals surface area contributed by atoms with Crippen LogP contribution in [0.4, 0.5) is 26.3 Å². The van der Waals surface area contributed by atoms with E-state index in [9.17, 15) is 26.3 Å². The number of aliphatic carboxylic acids is 2. The highest BCUT2D eigenvalue weighted by atomic mass is 19.4. The SMILES string of the molecule is CN1C2CCC1CC(Oc1ccc(-c3ccc4occc4c3)nc1)C2.O=C(O)C(F)(F)F.O=C(O)C(F)(F)F. The molecular formula is C25H24F6N2O6. The number of carboxylic acids is 2. The highest BCUT2D eigenvalue weighted by molar-refractivity contribution is 5.82. The number of nitrogens with zero attached hydrogens (tertiary/aromatic N) is 2. The Bertz CT molecular complexity index is 1240. The van der Waals surface area contributed by atoms with Gasteiger partial charge in [0, 0.05) is 23.0 Å². The number of halogens is 6. The maximum absolute atomic E-state index is 10.6. The molecule has 2 fully saturated rings. The lowest BCUT2D eigenvalue weighted by atomic mass is 10.0. The van der Waals surface area contributed by atoms with Crippen LogP contribution >= 0.6 is 0 Å². The van der Waals surface area contributed by atoms with Crippen molar-refractivity contribution in [1.29, 1.82) is 0 Å². The number of furan rings is 1.